The van der Waals surface area contributed by atoms with Crippen LogP contribution in [0.5, 0.6) is 0 Å². The molecule has 0 aliphatic carbocycles. The Balaban J connectivity index is 2.19. The summed E-state index contributed by atoms with van der Waals surface area (Å²) in [6.07, 6.45) is 2.16. The zero-order valence-corrected chi connectivity index (χ0v) is 8.91. The van der Waals surface area contributed by atoms with Crippen LogP contribution in [0.15, 0.2) is 0 Å². The second-order valence-electron chi connectivity index (χ2n) is 3.70. The van der Waals surface area contributed by atoms with Crippen LogP contribution in [-0.2, 0) is 14.3 Å². The molecule has 0 aromatic rings. The predicted molar refractivity (Wildman–Crippen MR) is 53.0 cm³/mol. The van der Waals surface area contributed by atoms with Crippen molar-refractivity contribution in [1.29, 1.82) is 0 Å². The fraction of sp³-hybridized carbons (Fsp3) is 0.900. The molecule has 1 heterocycles. The van der Waals surface area contributed by atoms with Crippen LogP contribution in [0.3, 0.4) is 0 Å². The molecule has 4 heteroatoms. The molecule has 0 spiro atoms. The van der Waals surface area contributed by atoms with Crippen LogP contribution in [0.2, 0.25) is 0 Å². The molecule has 1 atom stereocenters. The van der Waals surface area contributed by atoms with Gasteiger partial charge in [-0.25, -0.2) is 0 Å². The SMILES string of the molecule is COC(=O)CNC(C)C1CCOCC1. The first kappa shape index (κ1) is 11.5. The average Bonchev–Trinajstić information content (AvgIpc) is 2.26. The molecule has 1 unspecified atom stereocenters. The lowest BCUT2D eigenvalue weighted by atomic mass is 9.93. The third-order valence-corrected chi connectivity index (χ3v) is 2.77. The number of rotatable bonds is 4. The van der Waals surface area contributed by atoms with Crippen molar-refractivity contribution >= 4 is 5.97 Å². The second-order valence-corrected chi connectivity index (χ2v) is 3.70. The predicted octanol–water partition coefficient (Wildman–Crippen LogP) is 0.564. The first-order valence-electron chi connectivity index (χ1n) is 5.12. The van der Waals surface area contributed by atoms with E-state index < -0.39 is 0 Å². The summed E-state index contributed by atoms with van der Waals surface area (Å²) in [5.74, 6) is 0.414. The van der Waals surface area contributed by atoms with Gasteiger partial charge in [-0.2, -0.15) is 0 Å². The van der Waals surface area contributed by atoms with Gasteiger partial charge in [0.1, 0.15) is 0 Å². The van der Waals surface area contributed by atoms with E-state index in [-0.39, 0.29) is 5.97 Å². The summed E-state index contributed by atoms with van der Waals surface area (Å²) in [6, 6.07) is 0.359. The number of hydrogen-bond acceptors (Lipinski definition) is 4. The minimum Gasteiger partial charge on any atom is -0.468 e. The standard InChI is InChI=1S/C10H19NO3/c1-8(11-7-10(12)13-2)9-3-5-14-6-4-9/h8-9,11H,3-7H2,1-2H3. The highest BCUT2D eigenvalue weighted by Crippen LogP contribution is 2.18. The lowest BCUT2D eigenvalue weighted by molar-refractivity contribution is -0.139. The summed E-state index contributed by atoms with van der Waals surface area (Å²) in [5.41, 5.74) is 0. The van der Waals surface area contributed by atoms with Crippen molar-refractivity contribution in [3.8, 4) is 0 Å². The zero-order chi connectivity index (χ0) is 10.4. The van der Waals surface area contributed by atoms with E-state index in [1.54, 1.807) is 0 Å². The van der Waals surface area contributed by atoms with Gasteiger partial charge in [-0.15, -0.1) is 0 Å². The molecular weight excluding hydrogens is 182 g/mol. The van der Waals surface area contributed by atoms with Gasteiger partial charge in [-0.05, 0) is 25.7 Å². The second kappa shape index (κ2) is 5.98. The number of esters is 1. The minimum atomic E-state index is -0.205. The van der Waals surface area contributed by atoms with Crippen LogP contribution in [0, 0.1) is 5.92 Å². The summed E-state index contributed by atoms with van der Waals surface area (Å²) < 4.78 is 9.84. The largest absolute Gasteiger partial charge is 0.468 e. The van der Waals surface area contributed by atoms with Crippen LogP contribution in [0.1, 0.15) is 19.8 Å². The van der Waals surface area contributed by atoms with Crippen LogP contribution >= 0.6 is 0 Å². The summed E-state index contributed by atoms with van der Waals surface area (Å²) >= 11 is 0. The van der Waals surface area contributed by atoms with E-state index in [9.17, 15) is 4.79 Å². The van der Waals surface area contributed by atoms with Gasteiger partial charge in [-0.3, -0.25) is 4.79 Å². The summed E-state index contributed by atoms with van der Waals surface area (Å²) in [4.78, 5) is 10.9. The topological polar surface area (TPSA) is 47.6 Å². The molecule has 0 aromatic carbocycles. The van der Waals surface area contributed by atoms with E-state index in [2.05, 4.69) is 17.0 Å². The molecule has 1 N–H and O–H groups in total. The summed E-state index contributed by atoms with van der Waals surface area (Å²) in [5, 5.41) is 3.17. The van der Waals surface area contributed by atoms with Gasteiger partial charge >= 0.3 is 5.97 Å². The third-order valence-electron chi connectivity index (χ3n) is 2.77. The number of hydrogen-bond donors (Lipinski definition) is 1. The number of carbonyl (C=O) groups is 1. The normalized spacial score (nSPS) is 20.4. The third kappa shape index (κ3) is 3.64. The Morgan fingerprint density at radius 1 is 1.57 bits per heavy atom. The molecule has 0 bridgehead atoms. The molecule has 0 radical (unpaired) electrons. The Kier molecular flexibility index (Phi) is 4.90. The highest BCUT2D eigenvalue weighted by atomic mass is 16.5. The molecule has 1 aliphatic rings. The van der Waals surface area contributed by atoms with Crippen LogP contribution in [0.25, 0.3) is 0 Å². The number of nitrogens with one attached hydrogen (secondary N) is 1. The molecule has 0 amide bonds. The molecule has 4 nitrogen and oxygen atoms in total. The van der Waals surface area contributed by atoms with Crippen molar-refractivity contribution in [2.75, 3.05) is 26.9 Å². The van der Waals surface area contributed by atoms with Gasteiger partial charge in [0.15, 0.2) is 0 Å². The number of methoxy groups -OCH3 is 1. The molecular formula is C10H19NO3. The first-order chi connectivity index (χ1) is 6.74. The van der Waals surface area contributed by atoms with E-state index in [1.165, 1.54) is 7.11 Å². The average molecular weight is 201 g/mol. The smallest absolute Gasteiger partial charge is 0.319 e. The van der Waals surface area contributed by atoms with Crippen LogP contribution < -0.4 is 5.32 Å². The molecule has 82 valence electrons. The molecule has 14 heavy (non-hydrogen) atoms. The monoisotopic (exact) mass is 201 g/mol. The molecule has 1 fully saturated rings. The molecule has 1 saturated heterocycles. The zero-order valence-electron chi connectivity index (χ0n) is 8.91. The molecule has 1 aliphatic heterocycles. The van der Waals surface area contributed by atoms with E-state index in [0.29, 0.717) is 18.5 Å². The Morgan fingerprint density at radius 2 is 2.21 bits per heavy atom. The summed E-state index contributed by atoms with van der Waals surface area (Å²) in [7, 11) is 1.41. The maximum absolute atomic E-state index is 10.9. The molecule has 0 saturated carbocycles. The Labute approximate surface area is 85.0 Å². The Morgan fingerprint density at radius 3 is 2.79 bits per heavy atom. The first-order valence-corrected chi connectivity index (χ1v) is 5.12. The lowest BCUT2D eigenvalue weighted by Gasteiger charge is -2.28. The van der Waals surface area contributed by atoms with E-state index in [1.807, 2.05) is 0 Å². The minimum absolute atomic E-state index is 0.205. The van der Waals surface area contributed by atoms with Gasteiger partial charge in [-0.1, -0.05) is 0 Å². The highest BCUT2D eigenvalue weighted by molar-refractivity contribution is 5.71. The highest BCUT2D eigenvalue weighted by Gasteiger charge is 2.20. The fourth-order valence-corrected chi connectivity index (χ4v) is 1.70. The van der Waals surface area contributed by atoms with E-state index >= 15 is 0 Å². The van der Waals surface area contributed by atoms with Crippen LogP contribution in [-0.4, -0.2) is 38.9 Å². The van der Waals surface area contributed by atoms with Gasteiger partial charge in [0.05, 0.1) is 13.7 Å². The van der Waals surface area contributed by atoms with Crippen molar-refractivity contribution < 1.29 is 14.3 Å². The van der Waals surface area contributed by atoms with Gasteiger partial charge in [0.25, 0.3) is 0 Å². The quantitative estimate of drug-likeness (QED) is 0.675. The van der Waals surface area contributed by atoms with E-state index in [0.717, 1.165) is 26.1 Å². The van der Waals surface area contributed by atoms with Crippen LogP contribution in [0.4, 0.5) is 0 Å². The number of carbonyl (C=O) groups excluding carboxylic acids is 1. The Hall–Kier alpha value is -0.610. The van der Waals surface area contributed by atoms with Gasteiger partial charge < -0.3 is 14.8 Å². The number of ether oxygens (including phenoxy) is 2. The lowest BCUT2D eigenvalue weighted by Crippen LogP contribution is -2.39. The summed E-state index contributed by atoms with van der Waals surface area (Å²) in [6.45, 7) is 4.10. The molecule has 1 rings (SSSR count). The van der Waals surface area contributed by atoms with Crippen molar-refractivity contribution in [3.05, 3.63) is 0 Å². The maximum Gasteiger partial charge on any atom is 0.319 e. The van der Waals surface area contributed by atoms with E-state index in [4.69, 9.17) is 4.74 Å². The van der Waals surface area contributed by atoms with Crippen molar-refractivity contribution in [1.82, 2.24) is 5.32 Å². The van der Waals surface area contributed by atoms with Crippen molar-refractivity contribution in [2.24, 2.45) is 5.92 Å². The van der Waals surface area contributed by atoms with Crippen molar-refractivity contribution in [2.45, 2.75) is 25.8 Å². The maximum atomic E-state index is 10.9. The van der Waals surface area contributed by atoms with Crippen molar-refractivity contribution in [3.63, 3.8) is 0 Å². The fourth-order valence-electron chi connectivity index (χ4n) is 1.70. The Bertz CT molecular complexity index is 178. The van der Waals surface area contributed by atoms with Gasteiger partial charge in [0.2, 0.25) is 0 Å². The van der Waals surface area contributed by atoms with Gasteiger partial charge in [0, 0.05) is 19.3 Å². The molecule has 0 aromatic heterocycles.